The first-order valence-corrected chi connectivity index (χ1v) is 6.78. The second-order valence-corrected chi connectivity index (χ2v) is 5.14. The fourth-order valence-corrected chi connectivity index (χ4v) is 2.31. The maximum absolute atomic E-state index is 11.8. The van der Waals surface area contributed by atoms with Gasteiger partial charge in [0, 0.05) is 11.9 Å². The van der Waals surface area contributed by atoms with Gasteiger partial charge in [0.1, 0.15) is 5.02 Å². The molecule has 0 fully saturated rings. The maximum atomic E-state index is 11.8. The molecule has 0 atom stereocenters. The van der Waals surface area contributed by atoms with Crippen molar-refractivity contribution in [2.24, 2.45) is 0 Å². The average Bonchev–Trinajstić information content (AvgIpc) is 2.77. The van der Waals surface area contributed by atoms with Crippen LogP contribution in [0.3, 0.4) is 0 Å². The van der Waals surface area contributed by atoms with Gasteiger partial charge in [-0.25, -0.2) is 9.67 Å². The molecule has 0 saturated carbocycles. The summed E-state index contributed by atoms with van der Waals surface area (Å²) in [5, 5.41) is 10.2. The van der Waals surface area contributed by atoms with Gasteiger partial charge in [-0.05, 0) is 13.8 Å². The number of hydrogen-bond acceptors (Lipinski definition) is 5. The van der Waals surface area contributed by atoms with Crippen molar-refractivity contribution in [2.45, 2.75) is 26.9 Å². The lowest BCUT2D eigenvalue weighted by atomic mass is 10.4. The fourth-order valence-electron chi connectivity index (χ4n) is 1.49. The van der Waals surface area contributed by atoms with Gasteiger partial charge in [-0.1, -0.05) is 11.6 Å². The monoisotopic (exact) mass is 284 g/mol. The van der Waals surface area contributed by atoms with Crippen molar-refractivity contribution < 1.29 is 0 Å². The van der Waals surface area contributed by atoms with Crippen LogP contribution in [-0.2, 0) is 13.1 Å². The zero-order chi connectivity index (χ0) is 13.1. The second kappa shape index (κ2) is 5.49. The number of nitrogens with one attached hydrogen (secondary N) is 1. The third kappa shape index (κ3) is 2.70. The smallest absolute Gasteiger partial charge is 0.287 e. The third-order valence-corrected chi connectivity index (χ3v) is 3.60. The largest absolute Gasteiger partial charge is 0.377 e. The molecule has 0 amide bonds. The molecule has 1 N–H and O–H groups in total. The molecule has 2 aromatic rings. The predicted octanol–water partition coefficient (Wildman–Crippen LogP) is 2.29. The van der Waals surface area contributed by atoms with E-state index in [1.165, 1.54) is 4.68 Å². The van der Waals surface area contributed by atoms with Crippen molar-refractivity contribution in [2.75, 3.05) is 5.32 Å². The molecule has 96 valence electrons. The van der Waals surface area contributed by atoms with Gasteiger partial charge < -0.3 is 5.32 Å². The van der Waals surface area contributed by atoms with E-state index in [0.717, 1.165) is 10.7 Å². The standard InChI is InChI=1S/C11H13ClN4OS/c1-3-16-11(17)10(12)9(5-14-16)13-4-8-6-18-7(2)15-8/h5-6,13H,3-4H2,1-2H3. The Balaban J connectivity index is 2.15. The number of nitrogens with zero attached hydrogens (tertiary/aromatic N) is 3. The van der Waals surface area contributed by atoms with Crippen LogP contribution in [0.4, 0.5) is 5.69 Å². The van der Waals surface area contributed by atoms with E-state index in [4.69, 9.17) is 11.6 Å². The van der Waals surface area contributed by atoms with Gasteiger partial charge >= 0.3 is 0 Å². The number of halogens is 1. The molecule has 0 spiro atoms. The van der Waals surface area contributed by atoms with Crippen molar-refractivity contribution in [1.29, 1.82) is 0 Å². The van der Waals surface area contributed by atoms with Gasteiger partial charge in [-0.15, -0.1) is 11.3 Å². The summed E-state index contributed by atoms with van der Waals surface area (Å²) < 4.78 is 1.32. The van der Waals surface area contributed by atoms with Crippen LogP contribution in [0.2, 0.25) is 5.02 Å². The quantitative estimate of drug-likeness (QED) is 0.936. The minimum Gasteiger partial charge on any atom is -0.377 e. The summed E-state index contributed by atoms with van der Waals surface area (Å²) in [6, 6.07) is 0. The molecule has 18 heavy (non-hydrogen) atoms. The maximum Gasteiger partial charge on any atom is 0.287 e. The van der Waals surface area contributed by atoms with Gasteiger partial charge in [-0.2, -0.15) is 5.10 Å². The first kappa shape index (κ1) is 13.0. The molecule has 2 aromatic heterocycles. The van der Waals surface area contributed by atoms with Crippen LogP contribution >= 0.6 is 22.9 Å². The molecule has 0 bridgehead atoms. The molecular weight excluding hydrogens is 272 g/mol. The van der Waals surface area contributed by atoms with Gasteiger partial charge in [0.2, 0.25) is 0 Å². The molecule has 2 heterocycles. The van der Waals surface area contributed by atoms with Crippen LogP contribution < -0.4 is 10.9 Å². The minimum absolute atomic E-state index is 0.166. The fraction of sp³-hybridized carbons (Fsp3) is 0.364. The molecule has 0 unspecified atom stereocenters. The van der Waals surface area contributed by atoms with E-state index in [-0.39, 0.29) is 10.6 Å². The van der Waals surface area contributed by atoms with Crippen LogP contribution in [-0.4, -0.2) is 14.8 Å². The molecule has 0 saturated heterocycles. The van der Waals surface area contributed by atoms with E-state index >= 15 is 0 Å². The molecule has 5 nitrogen and oxygen atoms in total. The van der Waals surface area contributed by atoms with E-state index in [1.807, 2.05) is 19.2 Å². The van der Waals surface area contributed by atoms with Gasteiger partial charge in [0.05, 0.1) is 29.1 Å². The van der Waals surface area contributed by atoms with Gasteiger partial charge in [0.25, 0.3) is 5.56 Å². The van der Waals surface area contributed by atoms with Crippen molar-refractivity contribution in [3.63, 3.8) is 0 Å². The minimum atomic E-state index is -0.279. The summed E-state index contributed by atoms with van der Waals surface area (Å²) in [4.78, 5) is 16.1. The van der Waals surface area contributed by atoms with Gasteiger partial charge in [0.15, 0.2) is 0 Å². The number of aromatic nitrogens is 3. The Labute approximate surface area is 113 Å². The van der Waals surface area contributed by atoms with E-state index in [1.54, 1.807) is 17.5 Å². The lowest BCUT2D eigenvalue weighted by Crippen LogP contribution is -2.23. The second-order valence-electron chi connectivity index (χ2n) is 3.70. The summed E-state index contributed by atoms with van der Waals surface area (Å²) in [5.74, 6) is 0. The highest BCUT2D eigenvalue weighted by Crippen LogP contribution is 2.17. The van der Waals surface area contributed by atoms with Crippen molar-refractivity contribution in [3.05, 3.63) is 37.7 Å². The number of hydrogen-bond donors (Lipinski definition) is 1. The van der Waals surface area contributed by atoms with Crippen molar-refractivity contribution >= 4 is 28.6 Å². The summed E-state index contributed by atoms with van der Waals surface area (Å²) in [6.07, 6.45) is 1.56. The molecule has 0 radical (unpaired) electrons. The first-order valence-electron chi connectivity index (χ1n) is 5.52. The summed E-state index contributed by atoms with van der Waals surface area (Å²) >= 11 is 7.58. The Kier molecular flexibility index (Phi) is 3.98. The number of aryl methyl sites for hydroxylation is 2. The summed E-state index contributed by atoms with van der Waals surface area (Å²) in [6.45, 7) is 4.83. The molecule has 0 aliphatic rings. The molecule has 0 aliphatic heterocycles. The number of thiazole rings is 1. The molecular formula is C11H13ClN4OS. The average molecular weight is 285 g/mol. The van der Waals surface area contributed by atoms with Crippen LogP contribution in [0.25, 0.3) is 0 Å². The van der Waals surface area contributed by atoms with E-state index in [9.17, 15) is 4.79 Å². The highest BCUT2D eigenvalue weighted by molar-refractivity contribution is 7.09. The first-order chi connectivity index (χ1) is 8.61. The Morgan fingerprint density at radius 3 is 2.94 bits per heavy atom. The lowest BCUT2D eigenvalue weighted by Gasteiger charge is -2.07. The molecule has 0 aliphatic carbocycles. The summed E-state index contributed by atoms with van der Waals surface area (Å²) in [7, 11) is 0. The highest BCUT2D eigenvalue weighted by Gasteiger charge is 2.08. The van der Waals surface area contributed by atoms with Crippen LogP contribution in [0, 0.1) is 6.92 Å². The molecule has 2 rings (SSSR count). The van der Waals surface area contributed by atoms with E-state index < -0.39 is 0 Å². The Bertz CT molecular complexity index is 607. The van der Waals surface area contributed by atoms with Crippen LogP contribution in [0.1, 0.15) is 17.6 Å². The Morgan fingerprint density at radius 2 is 2.33 bits per heavy atom. The van der Waals surface area contributed by atoms with Crippen molar-refractivity contribution in [1.82, 2.24) is 14.8 Å². The Morgan fingerprint density at radius 1 is 1.56 bits per heavy atom. The highest BCUT2D eigenvalue weighted by atomic mass is 35.5. The molecule has 7 heteroatoms. The van der Waals surface area contributed by atoms with Crippen LogP contribution in [0.5, 0.6) is 0 Å². The normalized spacial score (nSPS) is 10.6. The van der Waals surface area contributed by atoms with Crippen LogP contribution in [0.15, 0.2) is 16.4 Å². The third-order valence-electron chi connectivity index (χ3n) is 2.41. The summed E-state index contributed by atoms with van der Waals surface area (Å²) in [5.41, 5.74) is 1.18. The topological polar surface area (TPSA) is 59.8 Å². The van der Waals surface area contributed by atoms with Gasteiger partial charge in [-0.3, -0.25) is 4.79 Å². The predicted molar refractivity (Wildman–Crippen MR) is 73.4 cm³/mol. The lowest BCUT2D eigenvalue weighted by molar-refractivity contribution is 0.616. The number of rotatable bonds is 4. The van der Waals surface area contributed by atoms with Crippen molar-refractivity contribution in [3.8, 4) is 0 Å². The van der Waals surface area contributed by atoms with E-state index in [2.05, 4.69) is 15.4 Å². The number of anilines is 1. The Hall–Kier alpha value is -1.40. The molecule has 0 aromatic carbocycles. The zero-order valence-corrected chi connectivity index (χ0v) is 11.7. The SMILES string of the molecule is CCn1ncc(NCc2csc(C)n2)c(Cl)c1=O. The zero-order valence-electron chi connectivity index (χ0n) is 10.1. The van der Waals surface area contributed by atoms with E-state index in [0.29, 0.717) is 18.8 Å².